The average molecular weight is 425 g/mol. The Kier molecular flexibility index (Phi) is 9.64. The zero-order valence-corrected chi connectivity index (χ0v) is 18.9. The van der Waals surface area contributed by atoms with Crippen molar-refractivity contribution in [1.29, 1.82) is 0 Å². The SMILES string of the molecule is CCNC(=NCC(C)CN1CCOCC1)N1CCN(CC(=O)N2CCOCC2)CC1. The lowest BCUT2D eigenvalue weighted by Crippen LogP contribution is -2.55. The van der Waals surface area contributed by atoms with Gasteiger partial charge in [0.05, 0.1) is 33.0 Å². The van der Waals surface area contributed by atoms with Gasteiger partial charge in [0, 0.05) is 72.0 Å². The van der Waals surface area contributed by atoms with Crippen LogP contribution in [-0.4, -0.2) is 136 Å². The fraction of sp³-hybridized carbons (Fsp3) is 0.905. The third-order valence-corrected chi connectivity index (χ3v) is 5.96. The van der Waals surface area contributed by atoms with E-state index in [4.69, 9.17) is 14.5 Å². The topological polar surface area (TPSA) is 72.9 Å². The molecular formula is C21H40N6O3. The van der Waals surface area contributed by atoms with Crippen LogP contribution in [0.5, 0.6) is 0 Å². The molecule has 1 amide bonds. The van der Waals surface area contributed by atoms with Gasteiger partial charge in [0.25, 0.3) is 0 Å². The lowest BCUT2D eigenvalue weighted by atomic mass is 10.1. The molecule has 1 unspecified atom stereocenters. The standard InChI is InChI=1S/C21H40N6O3/c1-3-22-21(23-16-19(2)17-25-8-12-29-13-9-25)27-6-4-24(5-7-27)18-20(28)26-10-14-30-15-11-26/h19H,3-18H2,1-2H3,(H,22,23). The first kappa shape index (κ1) is 23.2. The number of amides is 1. The van der Waals surface area contributed by atoms with E-state index in [1.165, 1.54) is 0 Å². The second-order valence-electron chi connectivity index (χ2n) is 8.47. The van der Waals surface area contributed by atoms with E-state index < -0.39 is 0 Å². The molecule has 3 aliphatic heterocycles. The predicted octanol–water partition coefficient (Wildman–Crippen LogP) is -0.603. The molecule has 3 heterocycles. The molecule has 0 aromatic rings. The Balaban J connectivity index is 1.42. The minimum Gasteiger partial charge on any atom is -0.379 e. The van der Waals surface area contributed by atoms with E-state index in [9.17, 15) is 4.79 Å². The van der Waals surface area contributed by atoms with E-state index in [0.717, 1.165) is 91.2 Å². The van der Waals surface area contributed by atoms with E-state index >= 15 is 0 Å². The van der Waals surface area contributed by atoms with E-state index in [1.54, 1.807) is 0 Å². The lowest BCUT2D eigenvalue weighted by molar-refractivity contribution is -0.136. The highest BCUT2D eigenvalue weighted by atomic mass is 16.5. The predicted molar refractivity (Wildman–Crippen MR) is 118 cm³/mol. The quantitative estimate of drug-likeness (QED) is 0.432. The Morgan fingerprint density at radius 1 is 0.900 bits per heavy atom. The molecule has 0 saturated carbocycles. The summed E-state index contributed by atoms with van der Waals surface area (Å²) in [5.41, 5.74) is 0. The van der Waals surface area contributed by atoms with Crippen molar-refractivity contribution in [1.82, 2.24) is 24.9 Å². The van der Waals surface area contributed by atoms with E-state index in [1.807, 2.05) is 4.90 Å². The molecule has 172 valence electrons. The second-order valence-corrected chi connectivity index (χ2v) is 8.47. The number of guanidine groups is 1. The van der Waals surface area contributed by atoms with Crippen molar-refractivity contribution in [3.63, 3.8) is 0 Å². The minimum atomic E-state index is 0.226. The number of nitrogens with zero attached hydrogens (tertiary/aromatic N) is 5. The van der Waals surface area contributed by atoms with Crippen LogP contribution in [0, 0.1) is 5.92 Å². The summed E-state index contributed by atoms with van der Waals surface area (Å²) in [5.74, 6) is 1.75. The van der Waals surface area contributed by atoms with Gasteiger partial charge in [-0.15, -0.1) is 0 Å². The Bertz CT molecular complexity index is 541. The Hall–Kier alpha value is -1.42. The van der Waals surface area contributed by atoms with Crippen LogP contribution in [0.4, 0.5) is 0 Å². The maximum atomic E-state index is 12.5. The molecule has 0 bridgehead atoms. The van der Waals surface area contributed by atoms with Crippen molar-refractivity contribution in [3.05, 3.63) is 0 Å². The van der Waals surface area contributed by atoms with Gasteiger partial charge in [-0.3, -0.25) is 19.6 Å². The summed E-state index contributed by atoms with van der Waals surface area (Å²) in [7, 11) is 0. The lowest BCUT2D eigenvalue weighted by Gasteiger charge is -2.37. The molecule has 0 radical (unpaired) electrons. The molecule has 9 heteroatoms. The van der Waals surface area contributed by atoms with Crippen molar-refractivity contribution >= 4 is 11.9 Å². The van der Waals surface area contributed by atoms with Crippen LogP contribution >= 0.6 is 0 Å². The highest BCUT2D eigenvalue weighted by molar-refractivity contribution is 5.80. The summed E-state index contributed by atoms with van der Waals surface area (Å²) >= 11 is 0. The number of piperazine rings is 1. The van der Waals surface area contributed by atoms with Crippen molar-refractivity contribution in [3.8, 4) is 0 Å². The Morgan fingerprint density at radius 3 is 2.17 bits per heavy atom. The third-order valence-electron chi connectivity index (χ3n) is 5.96. The molecule has 0 spiro atoms. The average Bonchev–Trinajstić information content (AvgIpc) is 2.78. The number of hydrogen-bond donors (Lipinski definition) is 1. The summed E-state index contributed by atoms with van der Waals surface area (Å²) in [4.78, 5) is 26.4. The summed E-state index contributed by atoms with van der Waals surface area (Å²) in [5, 5.41) is 3.45. The fourth-order valence-corrected chi connectivity index (χ4v) is 4.17. The van der Waals surface area contributed by atoms with Crippen molar-refractivity contribution in [2.75, 3.05) is 105 Å². The van der Waals surface area contributed by atoms with Gasteiger partial charge >= 0.3 is 0 Å². The first-order valence-corrected chi connectivity index (χ1v) is 11.6. The monoisotopic (exact) mass is 424 g/mol. The zero-order chi connectivity index (χ0) is 21.2. The molecule has 3 rings (SSSR count). The summed E-state index contributed by atoms with van der Waals surface area (Å²) in [6.07, 6.45) is 0. The molecule has 3 fully saturated rings. The minimum absolute atomic E-state index is 0.226. The van der Waals surface area contributed by atoms with E-state index in [-0.39, 0.29) is 5.91 Å². The molecule has 3 aliphatic rings. The van der Waals surface area contributed by atoms with Crippen LogP contribution < -0.4 is 5.32 Å². The highest BCUT2D eigenvalue weighted by Crippen LogP contribution is 2.07. The Labute approximate surface area is 181 Å². The Morgan fingerprint density at radius 2 is 1.53 bits per heavy atom. The number of rotatable bonds is 7. The number of carbonyl (C=O) groups is 1. The molecule has 30 heavy (non-hydrogen) atoms. The molecule has 0 aromatic heterocycles. The molecule has 3 saturated heterocycles. The number of ether oxygens (including phenoxy) is 2. The van der Waals surface area contributed by atoms with Crippen LogP contribution in [0.25, 0.3) is 0 Å². The first-order chi connectivity index (χ1) is 14.7. The fourth-order valence-electron chi connectivity index (χ4n) is 4.17. The third kappa shape index (κ3) is 7.37. The molecule has 1 atom stereocenters. The summed E-state index contributed by atoms with van der Waals surface area (Å²) in [6, 6.07) is 0. The number of aliphatic imine (C=N–C) groups is 1. The van der Waals surface area contributed by atoms with Crippen molar-refractivity contribution in [2.45, 2.75) is 13.8 Å². The summed E-state index contributed by atoms with van der Waals surface area (Å²) in [6.45, 7) is 17.8. The number of hydrogen-bond acceptors (Lipinski definition) is 6. The smallest absolute Gasteiger partial charge is 0.236 e. The van der Waals surface area contributed by atoms with Gasteiger partial charge in [0.15, 0.2) is 5.96 Å². The van der Waals surface area contributed by atoms with Crippen LogP contribution in [-0.2, 0) is 14.3 Å². The van der Waals surface area contributed by atoms with Gasteiger partial charge in [0.2, 0.25) is 5.91 Å². The first-order valence-electron chi connectivity index (χ1n) is 11.6. The molecular weight excluding hydrogens is 384 g/mol. The van der Waals surface area contributed by atoms with Gasteiger partial charge in [-0.25, -0.2) is 0 Å². The van der Waals surface area contributed by atoms with E-state index in [0.29, 0.717) is 25.7 Å². The molecule has 9 nitrogen and oxygen atoms in total. The van der Waals surface area contributed by atoms with Crippen molar-refractivity contribution in [2.24, 2.45) is 10.9 Å². The van der Waals surface area contributed by atoms with Crippen LogP contribution in [0.2, 0.25) is 0 Å². The van der Waals surface area contributed by atoms with Crippen LogP contribution in [0.15, 0.2) is 4.99 Å². The van der Waals surface area contributed by atoms with Gasteiger partial charge in [-0.05, 0) is 12.8 Å². The van der Waals surface area contributed by atoms with Crippen LogP contribution in [0.3, 0.4) is 0 Å². The van der Waals surface area contributed by atoms with Crippen molar-refractivity contribution < 1.29 is 14.3 Å². The van der Waals surface area contributed by atoms with E-state index in [2.05, 4.69) is 33.9 Å². The van der Waals surface area contributed by atoms with Crippen LogP contribution in [0.1, 0.15) is 13.8 Å². The van der Waals surface area contributed by atoms with Gasteiger partial charge < -0.3 is 24.6 Å². The normalized spacial score (nSPS) is 23.5. The number of morpholine rings is 2. The van der Waals surface area contributed by atoms with Gasteiger partial charge in [-0.1, -0.05) is 6.92 Å². The van der Waals surface area contributed by atoms with Gasteiger partial charge in [-0.2, -0.15) is 0 Å². The highest BCUT2D eigenvalue weighted by Gasteiger charge is 2.24. The number of carbonyl (C=O) groups excluding carboxylic acids is 1. The molecule has 0 aromatic carbocycles. The largest absolute Gasteiger partial charge is 0.379 e. The summed E-state index contributed by atoms with van der Waals surface area (Å²) < 4.78 is 10.8. The molecule has 0 aliphatic carbocycles. The van der Waals surface area contributed by atoms with Gasteiger partial charge in [0.1, 0.15) is 0 Å². The second kappa shape index (κ2) is 12.4. The molecule has 1 N–H and O–H groups in total. The maximum absolute atomic E-state index is 12.5. The number of nitrogens with one attached hydrogen (secondary N) is 1. The maximum Gasteiger partial charge on any atom is 0.236 e. The zero-order valence-electron chi connectivity index (χ0n) is 18.9.